The van der Waals surface area contributed by atoms with Crippen LogP contribution >= 0.6 is 0 Å². The molecule has 2 aromatic rings. The molecule has 0 spiro atoms. The van der Waals surface area contributed by atoms with Crippen molar-refractivity contribution in [3.63, 3.8) is 0 Å². The topological polar surface area (TPSA) is 84.2 Å². The van der Waals surface area contributed by atoms with Crippen LogP contribution in [0.4, 0.5) is 17.3 Å². The summed E-state index contributed by atoms with van der Waals surface area (Å²) < 4.78 is 0. The van der Waals surface area contributed by atoms with E-state index in [0.29, 0.717) is 25.5 Å². The number of nitro groups is 1. The zero-order chi connectivity index (χ0) is 16.2. The molecule has 0 saturated carbocycles. The van der Waals surface area contributed by atoms with Crippen LogP contribution in [0.2, 0.25) is 0 Å². The fourth-order valence-corrected chi connectivity index (χ4v) is 2.74. The second-order valence-electron chi connectivity index (χ2n) is 5.26. The normalized spacial score (nSPS) is 13.3. The minimum Gasteiger partial charge on any atom is -0.361 e. The summed E-state index contributed by atoms with van der Waals surface area (Å²) in [4.78, 5) is 21.2. The van der Waals surface area contributed by atoms with Crippen LogP contribution in [-0.4, -0.2) is 28.0 Å². The third-order valence-electron chi connectivity index (χ3n) is 3.83. The number of aromatic nitrogens is 2. The van der Waals surface area contributed by atoms with Gasteiger partial charge in [0.1, 0.15) is 6.33 Å². The Morgan fingerprint density at radius 2 is 2.13 bits per heavy atom. The Hall–Kier alpha value is -2.96. The molecule has 7 heteroatoms. The fraction of sp³-hybridized carbons (Fsp3) is 0.250. The highest BCUT2D eigenvalue weighted by Crippen LogP contribution is 2.34. The van der Waals surface area contributed by atoms with Crippen molar-refractivity contribution in [3.8, 4) is 0 Å². The molecule has 0 unspecified atom stereocenters. The summed E-state index contributed by atoms with van der Waals surface area (Å²) in [6.07, 6.45) is 3.82. The Morgan fingerprint density at radius 3 is 2.87 bits per heavy atom. The zero-order valence-corrected chi connectivity index (χ0v) is 12.6. The molecule has 2 heterocycles. The lowest BCUT2D eigenvalue weighted by Gasteiger charge is -2.29. The van der Waals surface area contributed by atoms with E-state index < -0.39 is 4.92 Å². The molecule has 0 amide bonds. The first-order valence-corrected chi connectivity index (χ1v) is 7.36. The summed E-state index contributed by atoms with van der Waals surface area (Å²) in [7, 11) is 0. The van der Waals surface area contributed by atoms with Crippen LogP contribution < -0.4 is 10.2 Å². The van der Waals surface area contributed by atoms with E-state index in [1.807, 2.05) is 23.1 Å². The average molecular weight is 311 g/mol. The Labute approximate surface area is 133 Å². The van der Waals surface area contributed by atoms with Gasteiger partial charge in [0.25, 0.3) is 0 Å². The van der Waals surface area contributed by atoms with E-state index in [1.54, 1.807) is 6.08 Å². The number of anilines is 2. The zero-order valence-electron chi connectivity index (χ0n) is 12.6. The Kier molecular flexibility index (Phi) is 4.18. The molecule has 0 bridgehead atoms. The Morgan fingerprint density at radius 1 is 1.35 bits per heavy atom. The molecular formula is C16H17N5O2. The van der Waals surface area contributed by atoms with Gasteiger partial charge in [0, 0.05) is 19.6 Å². The monoisotopic (exact) mass is 311 g/mol. The van der Waals surface area contributed by atoms with Crippen LogP contribution in [0.25, 0.3) is 0 Å². The Balaban J connectivity index is 1.97. The van der Waals surface area contributed by atoms with Gasteiger partial charge in [-0.1, -0.05) is 30.3 Å². The van der Waals surface area contributed by atoms with Crippen LogP contribution in [0.15, 0.2) is 43.2 Å². The molecule has 1 aromatic carbocycles. The number of nitrogens with one attached hydrogen (secondary N) is 1. The SMILES string of the molecule is C=CCNc1ncnc(N2CCc3ccccc3C2)c1[N+](=O)[O-]. The molecule has 1 aromatic heterocycles. The average Bonchev–Trinajstić information content (AvgIpc) is 2.59. The molecule has 1 N–H and O–H groups in total. The molecule has 1 aliphatic heterocycles. The van der Waals surface area contributed by atoms with E-state index >= 15 is 0 Å². The third-order valence-corrected chi connectivity index (χ3v) is 3.83. The molecule has 23 heavy (non-hydrogen) atoms. The number of hydrogen-bond donors (Lipinski definition) is 1. The highest BCUT2D eigenvalue weighted by atomic mass is 16.6. The largest absolute Gasteiger partial charge is 0.361 e. The maximum atomic E-state index is 11.5. The van der Waals surface area contributed by atoms with Gasteiger partial charge in [-0.25, -0.2) is 9.97 Å². The molecule has 0 fully saturated rings. The van der Waals surface area contributed by atoms with Gasteiger partial charge in [0.15, 0.2) is 0 Å². The van der Waals surface area contributed by atoms with E-state index in [1.165, 1.54) is 17.5 Å². The number of fused-ring (bicyclic) bond motifs is 1. The summed E-state index contributed by atoms with van der Waals surface area (Å²) in [6, 6.07) is 8.14. The van der Waals surface area contributed by atoms with E-state index in [4.69, 9.17) is 0 Å². The van der Waals surface area contributed by atoms with Gasteiger partial charge in [-0.3, -0.25) is 10.1 Å². The first-order chi connectivity index (χ1) is 11.2. The summed E-state index contributed by atoms with van der Waals surface area (Å²) in [5, 5.41) is 14.4. The van der Waals surface area contributed by atoms with Gasteiger partial charge in [-0.15, -0.1) is 6.58 Å². The van der Waals surface area contributed by atoms with Crippen LogP contribution in [0.3, 0.4) is 0 Å². The second-order valence-corrected chi connectivity index (χ2v) is 5.26. The molecule has 0 atom stereocenters. The van der Waals surface area contributed by atoms with E-state index in [-0.39, 0.29) is 11.5 Å². The fourth-order valence-electron chi connectivity index (χ4n) is 2.74. The molecule has 0 saturated heterocycles. The summed E-state index contributed by atoms with van der Waals surface area (Å²) in [5.41, 5.74) is 2.37. The summed E-state index contributed by atoms with van der Waals surface area (Å²) in [6.45, 7) is 5.30. The molecule has 118 valence electrons. The van der Waals surface area contributed by atoms with E-state index in [9.17, 15) is 10.1 Å². The van der Waals surface area contributed by atoms with Crippen molar-refractivity contribution in [2.75, 3.05) is 23.3 Å². The van der Waals surface area contributed by atoms with Gasteiger partial charge in [-0.2, -0.15) is 0 Å². The van der Waals surface area contributed by atoms with Crippen LogP contribution in [0.1, 0.15) is 11.1 Å². The lowest BCUT2D eigenvalue weighted by molar-refractivity contribution is -0.383. The van der Waals surface area contributed by atoms with Crippen molar-refractivity contribution in [1.29, 1.82) is 0 Å². The number of hydrogen-bond acceptors (Lipinski definition) is 6. The highest BCUT2D eigenvalue weighted by molar-refractivity contribution is 5.70. The van der Waals surface area contributed by atoms with Crippen LogP contribution in [-0.2, 0) is 13.0 Å². The Bertz CT molecular complexity index is 747. The first kappa shape index (κ1) is 15.0. The number of benzene rings is 1. The lowest BCUT2D eigenvalue weighted by Crippen LogP contribution is -2.31. The van der Waals surface area contributed by atoms with E-state index in [0.717, 1.165) is 6.42 Å². The molecule has 0 radical (unpaired) electrons. The number of rotatable bonds is 5. The standard InChI is InChI=1S/C16H17N5O2/c1-2-8-17-15-14(21(22)23)16(19-11-18-15)20-9-7-12-5-3-4-6-13(12)10-20/h2-6,11H,1,7-10H2,(H,17,18,19). The minimum absolute atomic E-state index is 0.0891. The van der Waals surface area contributed by atoms with Crippen molar-refractivity contribution in [3.05, 3.63) is 64.5 Å². The molecule has 0 aliphatic carbocycles. The molecule has 1 aliphatic rings. The van der Waals surface area contributed by atoms with E-state index in [2.05, 4.69) is 27.9 Å². The predicted octanol–water partition coefficient (Wildman–Crippen LogP) is 2.55. The molecule has 7 nitrogen and oxygen atoms in total. The predicted molar refractivity (Wildman–Crippen MR) is 88.6 cm³/mol. The van der Waals surface area contributed by atoms with Crippen molar-refractivity contribution in [2.24, 2.45) is 0 Å². The lowest BCUT2D eigenvalue weighted by atomic mass is 10.00. The summed E-state index contributed by atoms with van der Waals surface area (Å²) in [5.74, 6) is 0.574. The van der Waals surface area contributed by atoms with Gasteiger partial charge < -0.3 is 10.2 Å². The molecule has 3 rings (SSSR count). The molecular weight excluding hydrogens is 294 g/mol. The minimum atomic E-state index is -0.429. The summed E-state index contributed by atoms with van der Waals surface area (Å²) >= 11 is 0. The van der Waals surface area contributed by atoms with Crippen molar-refractivity contribution in [2.45, 2.75) is 13.0 Å². The maximum Gasteiger partial charge on any atom is 0.353 e. The first-order valence-electron chi connectivity index (χ1n) is 7.36. The van der Waals surface area contributed by atoms with Crippen LogP contribution in [0, 0.1) is 10.1 Å². The van der Waals surface area contributed by atoms with Gasteiger partial charge in [0.05, 0.1) is 4.92 Å². The van der Waals surface area contributed by atoms with Gasteiger partial charge in [0.2, 0.25) is 11.6 Å². The highest BCUT2D eigenvalue weighted by Gasteiger charge is 2.28. The van der Waals surface area contributed by atoms with Gasteiger partial charge in [-0.05, 0) is 17.5 Å². The van der Waals surface area contributed by atoms with Crippen molar-refractivity contribution in [1.82, 2.24) is 9.97 Å². The van der Waals surface area contributed by atoms with Crippen molar-refractivity contribution >= 4 is 17.3 Å². The van der Waals surface area contributed by atoms with Crippen LogP contribution in [0.5, 0.6) is 0 Å². The quantitative estimate of drug-likeness (QED) is 0.519. The van der Waals surface area contributed by atoms with Crippen molar-refractivity contribution < 1.29 is 4.92 Å². The third kappa shape index (κ3) is 2.98. The second kappa shape index (κ2) is 6.43. The maximum absolute atomic E-state index is 11.5. The van der Waals surface area contributed by atoms with Gasteiger partial charge >= 0.3 is 5.69 Å². The smallest absolute Gasteiger partial charge is 0.353 e. The number of nitrogens with zero attached hydrogens (tertiary/aromatic N) is 4.